The topological polar surface area (TPSA) is 29.1 Å². The number of anilines is 1. The normalized spacial score (nSPS) is 23.7. The van der Waals surface area contributed by atoms with E-state index in [0.717, 1.165) is 25.7 Å². The van der Waals surface area contributed by atoms with Crippen molar-refractivity contribution in [1.82, 2.24) is 0 Å². The first-order chi connectivity index (χ1) is 8.56. The van der Waals surface area contributed by atoms with Crippen LogP contribution >= 0.6 is 15.9 Å². The van der Waals surface area contributed by atoms with Gasteiger partial charge in [-0.05, 0) is 49.8 Å². The minimum atomic E-state index is -0.401. The molecule has 1 amide bonds. The summed E-state index contributed by atoms with van der Waals surface area (Å²) in [5.41, 5.74) is 0.266. The highest BCUT2D eigenvalue weighted by molar-refractivity contribution is 9.10. The minimum Gasteiger partial charge on any atom is -0.323 e. The lowest BCUT2D eigenvalue weighted by molar-refractivity contribution is -0.121. The van der Waals surface area contributed by atoms with E-state index >= 15 is 0 Å². The SMILES string of the molecule is CC1CCC(C(=O)Nc2ccc(Br)cc2F)CC1. The molecule has 0 heterocycles. The average Bonchev–Trinajstić information content (AvgIpc) is 2.33. The van der Waals surface area contributed by atoms with Crippen molar-refractivity contribution in [1.29, 1.82) is 0 Å². The summed E-state index contributed by atoms with van der Waals surface area (Å²) in [6.07, 6.45) is 3.98. The molecule has 1 N–H and O–H groups in total. The zero-order chi connectivity index (χ0) is 13.1. The summed E-state index contributed by atoms with van der Waals surface area (Å²) in [6, 6.07) is 4.67. The predicted molar refractivity (Wildman–Crippen MR) is 73.9 cm³/mol. The molecule has 1 aromatic rings. The minimum absolute atomic E-state index is 0.0317. The van der Waals surface area contributed by atoms with E-state index in [-0.39, 0.29) is 17.5 Å². The highest BCUT2D eigenvalue weighted by Crippen LogP contribution is 2.29. The third-order valence-corrected chi connectivity index (χ3v) is 4.07. The van der Waals surface area contributed by atoms with Gasteiger partial charge in [0, 0.05) is 10.4 Å². The first-order valence-corrected chi connectivity index (χ1v) is 7.11. The van der Waals surface area contributed by atoms with Crippen LogP contribution in [0.2, 0.25) is 0 Å². The second-order valence-electron chi connectivity index (χ2n) is 5.07. The van der Waals surface area contributed by atoms with Gasteiger partial charge in [0.15, 0.2) is 0 Å². The van der Waals surface area contributed by atoms with E-state index in [1.165, 1.54) is 6.07 Å². The summed E-state index contributed by atoms with van der Waals surface area (Å²) in [6.45, 7) is 2.21. The van der Waals surface area contributed by atoms with Crippen LogP contribution in [-0.4, -0.2) is 5.91 Å². The summed E-state index contributed by atoms with van der Waals surface area (Å²) >= 11 is 3.19. The number of nitrogens with one attached hydrogen (secondary N) is 1. The highest BCUT2D eigenvalue weighted by Gasteiger charge is 2.24. The molecule has 98 valence electrons. The molecule has 0 radical (unpaired) electrons. The van der Waals surface area contributed by atoms with Crippen LogP contribution in [0.3, 0.4) is 0 Å². The predicted octanol–water partition coefficient (Wildman–Crippen LogP) is 4.35. The Morgan fingerprint density at radius 2 is 2.00 bits per heavy atom. The van der Waals surface area contributed by atoms with E-state index in [9.17, 15) is 9.18 Å². The van der Waals surface area contributed by atoms with Crippen molar-refractivity contribution in [2.45, 2.75) is 32.6 Å². The van der Waals surface area contributed by atoms with Gasteiger partial charge < -0.3 is 5.32 Å². The molecule has 0 aliphatic heterocycles. The lowest BCUT2D eigenvalue weighted by atomic mass is 9.82. The summed E-state index contributed by atoms with van der Waals surface area (Å²) in [4.78, 5) is 12.0. The molecule has 0 spiro atoms. The highest BCUT2D eigenvalue weighted by atomic mass is 79.9. The summed E-state index contributed by atoms with van der Waals surface area (Å²) in [7, 11) is 0. The van der Waals surface area contributed by atoms with Crippen LogP contribution in [0.15, 0.2) is 22.7 Å². The zero-order valence-electron chi connectivity index (χ0n) is 10.4. The van der Waals surface area contributed by atoms with E-state index in [4.69, 9.17) is 0 Å². The lowest BCUT2D eigenvalue weighted by Gasteiger charge is -2.25. The van der Waals surface area contributed by atoms with Crippen LogP contribution in [0.4, 0.5) is 10.1 Å². The zero-order valence-corrected chi connectivity index (χ0v) is 12.0. The number of halogens is 2. The van der Waals surface area contributed by atoms with Crippen molar-refractivity contribution < 1.29 is 9.18 Å². The maximum Gasteiger partial charge on any atom is 0.227 e. The molecule has 4 heteroatoms. The Morgan fingerprint density at radius 1 is 1.33 bits per heavy atom. The molecule has 0 bridgehead atoms. The third kappa shape index (κ3) is 3.31. The van der Waals surface area contributed by atoms with Crippen LogP contribution in [0.5, 0.6) is 0 Å². The van der Waals surface area contributed by atoms with Gasteiger partial charge in [-0.2, -0.15) is 0 Å². The smallest absolute Gasteiger partial charge is 0.227 e. The number of hydrogen-bond acceptors (Lipinski definition) is 1. The number of amides is 1. The van der Waals surface area contributed by atoms with Gasteiger partial charge in [-0.3, -0.25) is 4.79 Å². The van der Waals surface area contributed by atoms with Gasteiger partial charge in [-0.1, -0.05) is 22.9 Å². The van der Waals surface area contributed by atoms with Crippen LogP contribution in [0.25, 0.3) is 0 Å². The number of benzene rings is 1. The largest absolute Gasteiger partial charge is 0.323 e. The van der Waals surface area contributed by atoms with Gasteiger partial charge in [0.2, 0.25) is 5.91 Å². The second kappa shape index (κ2) is 5.83. The summed E-state index contributed by atoms with van der Waals surface area (Å²) in [5, 5.41) is 2.69. The van der Waals surface area contributed by atoms with Crippen LogP contribution in [0, 0.1) is 17.7 Å². The molecule has 1 saturated carbocycles. The number of rotatable bonds is 2. The molecule has 18 heavy (non-hydrogen) atoms. The fourth-order valence-electron chi connectivity index (χ4n) is 2.35. The van der Waals surface area contributed by atoms with Gasteiger partial charge in [0.05, 0.1) is 5.69 Å². The van der Waals surface area contributed by atoms with Crippen molar-refractivity contribution in [2.24, 2.45) is 11.8 Å². The van der Waals surface area contributed by atoms with Crippen molar-refractivity contribution >= 4 is 27.5 Å². The Hall–Kier alpha value is -0.900. The molecule has 1 aromatic carbocycles. The molecule has 2 nitrogen and oxygen atoms in total. The number of hydrogen-bond donors (Lipinski definition) is 1. The average molecular weight is 314 g/mol. The van der Waals surface area contributed by atoms with Crippen molar-refractivity contribution in [3.05, 3.63) is 28.5 Å². The van der Waals surface area contributed by atoms with Gasteiger partial charge in [0.1, 0.15) is 5.82 Å². The first-order valence-electron chi connectivity index (χ1n) is 6.32. The lowest BCUT2D eigenvalue weighted by Crippen LogP contribution is -2.26. The first kappa shape index (κ1) is 13.5. The Morgan fingerprint density at radius 3 is 2.61 bits per heavy atom. The summed E-state index contributed by atoms with van der Waals surface area (Å²) < 4.78 is 14.3. The maximum atomic E-state index is 13.6. The van der Waals surface area contributed by atoms with Gasteiger partial charge in [-0.15, -0.1) is 0 Å². The van der Waals surface area contributed by atoms with E-state index in [0.29, 0.717) is 10.4 Å². The fourth-order valence-corrected chi connectivity index (χ4v) is 2.68. The molecule has 1 aliphatic rings. The van der Waals surface area contributed by atoms with Gasteiger partial charge in [0.25, 0.3) is 0 Å². The van der Waals surface area contributed by atoms with Crippen molar-refractivity contribution in [2.75, 3.05) is 5.32 Å². The standard InChI is InChI=1S/C14H17BrFNO/c1-9-2-4-10(5-3-9)14(18)17-13-7-6-11(15)8-12(13)16/h6-10H,2-5H2,1H3,(H,17,18). The monoisotopic (exact) mass is 313 g/mol. The van der Waals surface area contributed by atoms with Crippen LogP contribution < -0.4 is 5.32 Å². The second-order valence-corrected chi connectivity index (χ2v) is 5.99. The Balaban J connectivity index is 1.98. The molecular weight excluding hydrogens is 297 g/mol. The quantitative estimate of drug-likeness (QED) is 0.864. The van der Waals surface area contributed by atoms with Gasteiger partial charge >= 0.3 is 0 Å². The fraction of sp³-hybridized carbons (Fsp3) is 0.500. The Bertz CT molecular complexity index is 441. The summed E-state index contributed by atoms with van der Waals surface area (Å²) in [5.74, 6) is 0.285. The van der Waals surface area contributed by atoms with E-state index in [2.05, 4.69) is 28.2 Å². The number of carbonyl (C=O) groups excluding carboxylic acids is 1. The molecule has 1 fully saturated rings. The third-order valence-electron chi connectivity index (χ3n) is 3.58. The molecule has 1 aliphatic carbocycles. The van der Waals surface area contributed by atoms with Gasteiger partial charge in [-0.25, -0.2) is 4.39 Å². The molecule has 0 unspecified atom stereocenters. The maximum absolute atomic E-state index is 13.6. The Labute approximate surface area is 115 Å². The van der Waals surface area contributed by atoms with Crippen LogP contribution in [0.1, 0.15) is 32.6 Å². The van der Waals surface area contributed by atoms with E-state index < -0.39 is 5.82 Å². The Kier molecular flexibility index (Phi) is 4.38. The van der Waals surface area contributed by atoms with E-state index in [1.54, 1.807) is 12.1 Å². The molecular formula is C14H17BrFNO. The molecule has 0 saturated heterocycles. The van der Waals surface area contributed by atoms with Crippen LogP contribution in [-0.2, 0) is 4.79 Å². The number of carbonyl (C=O) groups is 1. The van der Waals surface area contributed by atoms with Crippen molar-refractivity contribution in [3.63, 3.8) is 0 Å². The van der Waals surface area contributed by atoms with Crippen molar-refractivity contribution in [3.8, 4) is 0 Å². The van der Waals surface area contributed by atoms with E-state index in [1.807, 2.05) is 0 Å². The molecule has 2 rings (SSSR count). The molecule has 0 aromatic heterocycles. The molecule has 0 atom stereocenters.